The van der Waals surface area contributed by atoms with E-state index in [1.54, 1.807) is 6.07 Å². The third kappa shape index (κ3) is 4.03. The summed E-state index contributed by atoms with van der Waals surface area (Å²) in [7, 11) is -1.61. The molecule has 0 spiro atoms. The number of benzene rings is 1. The van der Waals surface area contributed by atoms with Gasteiger partial charge in [0.05, 0.1) is 0 Å². The molecule has 0 atom stereocenters. The molecule has 2 rings (SSSR count). The largest absolute Gasteiger partial charge is 0.488 e. The maximum atomic E-state index is 13.4. The molecule has 0 aromatic heterocycles. The molecule has 0 bridgehead atoms. The van der Waals surface area contributed by atoms with Crippen LogP contribution in [0.5, 0.6) is 0 Å². The van der Waals surface area contributed by atoms with Crippen molar-refractivity contribution in [2.75, 3.05) is 13.1 Å². The van der Waals surface area contributed by atoms with Crippen LogP contribution in [0.15, 0.2) is 18.2 Å². The Hall–Kier alpha value is -0.905. The lowest BCUT2D eigenvalue weighted by atomic mass is 9.79. The van der Waals surface area contributed by atoms with E-state index < -0.39 is 12.9 Å². The van der Waals surface area contributed by atoms with Gasteiger partial charge in [-0.05, 0) is 55.0 Å². The van der Waals surface area contributed by atoms with E-state index >= 15 is 0 Å². The third-order valence-electron chi connectivity index (χ3n) is 3.97. The van der Waals surface area contributed by atoms with Gasteiger partial charge >= 0.3 is 7.12 Å². The first kappa shape index (κ1) is 14.5. The van der Waals surface area contributed by atoms with E-state index in [2.05, 4.69) is 11.8 Å². The Morgan fingerprint density at radius 3 is 2.53 bits per heavy atom. The second kappa shape index (κ2) is 6.50. The highest BCUT2D eigenvalue weighted by molar-refractivity contribution is 6.58. The van der Waals surface area contributed by atoms with Crippen LogP contribution in [0.2, 0.25) is 0 Å². The second-order valence-corrected chi connectivity index (χ2v) is 5.39. The number of hydrogen-bond donors (Lipinski definition) is 2. The lowest BCUT2D eigenvalue weighted by Gasteiger charge is -2.31. The first-order chi connectivity index (χ1) is 9.08. The molecule has 104 valence electrons. The van der Waals surface area contributed by atoms with Crippen LogP contribution in [0.3, 0.4) is 0 Å². The highest BCUT2D eigenvalue weighted by Crippen LogP contribution is 2.21. The summed E-state index contributed by atoms with van der Waals surface area (Å²) in [4.78, 5) is 2.30. The van der Waals surface area contributed by atoms with Gasteiger partial charge in [-0.3, -0.25) is 4.90 Å². The molecule has 3 nitrogen and oxygen atoms in total. The van der Waals surface area contributed by atoms with Gasteiger partial charge in [-0.2, -0.15) is 0 Å². The van der Waals surface area contributed by atoms with Crippen LogP contribution in [0.25, 0.3) is 0 Å². The van der Waals surface area contributed by atoms with Crippen LogP contribution in [0, 0.1) is 11.7 Å². The van der Waals surface area contributed by atoms with Crippen molar-refractivity contribution >= 4 is 12.6 Å². The molecule has 0 aliphatic carbocycles. The Morgan fingerprint density at radius 1 is 1.26 bits per heavy atom. The van der Waals surface area contributed by atoms with Crippen LogP contribution in [0.1, 0.15) is 31.7 Å². The Kier molecular flexibility index (Phi) is 4.96. The molecule has 1 saturated heterocycles. The monoisotopic (exact) mass is 265 g/mol. The van der Waals surface area contributed by atoms with E-state index in [4.69, 9.17) is 10.0 Å². The molecule has 5 heteroatoms. The maximum Gasteiger partial charge on any atom is 0.488 e. The fourth-order valence-electron chi connectivity index (χ4n) is 2.73. The Labute approximate surface area is 114 Å². The Balaban J connectivity index is 1.99. The van der Waals surface area contributed by atoms with Gasteiger partial charge in [0.25, 0.3) is 0 Å². The highest BCUT2D eigenvalue weighted by Gasteiger charge is 2.19. The molecule has 19 heavy (non-hydrogen) atoms. The molecular weight excluding hydrogens is 244 g/mol. The van der Waals surface area contributed by atoms with Gasteiger partial charge in [-0.25, -0.2) is 4.39 Å². The predicted molar refractivity (Wildman–Crippen MR) is 74.5 cm³/mol. The lowest BCUT2D eigenvalue weighted by molar-refractivity contribution is 0.175. The summed E-state index contributed by atoms with van der Waals surface area (Å²) in [5.41, 5.74) is 1.02. The summed E-state index contributed by atoms with van der Waals surface area (Å²) < 4.78 is 13.4. The molecule has 0 unspecified atom stereocenters. The summed E-state index contributed by atoms with van der Waals surface area (Å²) in [6.45, 7) is 4.97. The normalized spacial score (nSPS) is 17.7. The van der Waals surface area contributed by atoms with Crippen LogP contribution >= 0.6 is 0 Å². The summed E-state index contributed by atoms with van der Waals surface area (Å²) in [5.74, 6) is 0.405. The van der Waals surface area contributed by atoms with Crippen LogP contribution in [0.4, 0.5) is 4.39 Å². The van der Waals surface area contributed by atoms with E-state index in [0.717, 1.165) is 30.6 Å². The molecule has 1 aromatic carbocycles. The van der Waals surface area contributed by atoms with E-state index in [1.165, 1.54) is 25.3 Å². The van der Waals surface area contributed by atoms with Crippen molar-refractivity contribution in [1.29, 1.82) is 0 Å². The molecule has 1 aliphatic rings. The number of hydrogen-bond acceptors (Lipinski definition) is 3. The lowest BCUT2D eigenvalue weighted by Crippen LogP contribution is -2.34. The second-order valence-electron chi connectivity index (χ2n) is 5.39. The van der Waals surface area contributed by atoms with Crippen LogP contribution in [-0.2, 0) is 6.54 Å². The summed E-state index contributed by atoms with van der Waals surface area (Å²) in [5, 5.41) is 18.2. The van der Waals surface area contributed by atoms with Gasteiger partial charge < -0.3 is 10.0 Å². The number of halogens is 1. The van der Waals surface area contributed by atoms with E-state index in [-0.39, 0.29) is 5.46 Å². The molecule has 1 fully saturated rings. The molecule has 0 radical (unpaired) electrons. The Morgan fingerprint density at radius 2 is 1.95 bits per heavy atom. The fraction of sp³-hybridized carbons (Fsp3) is 0.571. The minimum absolute atomic E-state index is 0.221. The minimum Gasteiger partial charge on any atom is -0.423 e. The van der Waals surface area contributed by atoms with Crippen molar-refractivity contribution in [2.24, 2.45) is 5.92 Å². The molecule has 1 heterocycles. The van der Waals surface area contributed by atoms with E-state index in [0.29, 0.717) is 6.54 Å². The first-order valence-electron chi connectivity index (χ1n) is 6.96. The molecule has 0 amide bonds. The van der Waals surface area contributed by atoms with Crippen LogP contribution < -0.4 is 5.46 Å². The smallest absolute Gasteiger partial charge is 0.423 e. The Bertz CT molecular complexity index is 420. The van der Waals surface area contributed by atoms with Crippen molar-refractivity contribution in [3.63, 3.8) is 0 Å². The van der Waals surface area contributed by atoms with Crippen LogP contribution in [-0.4, -0.2) is 35.2 Å². The molecule has 1 aromatic rings. The minimum atomic E-state index is -1.61. The topological polar surface area (TPSA) is 43.7 Å². The SMILES string of the molecule is CCC1CCN(Cc2cc(F)cc(B(O)O)c2)CC1. The zero-order valence-electron chi connectivity index (χ0n) is 11.3. The van der Waals surface area contributed by atoms with Gasteiger partial charge in [-0.1, -0.05) is 19.4 Å². The van der Waals surface area contributed by atoms with Gasteiger partial charge in [0, 0.05) is 6.54 Å². The standard InChI is InChI=1S/C14H21BFNO2/c1-2-11-3-5-17(6-4-11)10-12-7-13(15(18)19)9-14(16)8-12/h7-9,11,18-19H,2-6,10H2,1H3. The summed E-state index contributed by atoms with van der Waals surface area (Å²) in [6.07, 6.45) is 3.62. The van der Waals surface area contributed by atoms with Crippen molar-refractivity contribution in [2.45, 2.75) is 32.7 Å². The predicted octanol–water partition coefficient (Wildman–Crippen LogP) is 1.13. The first-order valence-corrected chi connectivity index (χ1v) is 6.96. The number of nitrogens with zero attached hydrogens (tertiary/aromatic N) is 1. The fourth-order valence-corrected chi connectivity index (χ4v) is 2.73. The van der Waals surface area contributed by atoms with E-state index in [9.17, 15) is 4.39 Å². The zero-order valence-corrected chi connectivity index (χ0v) is 11.3. The van der Waals surface area contributed by atoms with Crippen molar-refractivity contribution in [3.8, 4) is 0 Å². The van der Waals surface area contributed by atoms with Crippen molar-refractivity contribution < 1.29 is 14.4 Å². The summed E-state index contributed by atoms with van der Waals surface area (Å²) in [6, 6.07) is 4.30. The quantitative estimate of drug-likeness (QED) is 0.802. The molecule has 1 aliphatic heterocycles. The molecule has 2 N–H and O–H groups in total. The highest BCUT2D eigenvalue weighted by atomic mass is 19.1. The third-order valence-corrected chi connectivity index (χ3v) is 3.97. The number of likely N-dealkylation sites (tertiary alicyclic amines) is 1. The zero-order chi connectivity index (χ0) is 13.8. The van der Waals surface area contributed by atoms with E-state index in [1.807, 2.05) is 0 Å². The molecular formula is C14H21BFNO2. The average Bonchev–Trinajstić information content (AvgIpc) is 2.39. The van der Waals surface area contributed by atoms with Gasteiger partial charge in [0.15, 0.2) is 0 Å². The summed E-state index contributed by atoms with van der Waals surface area (Å²) >= 11 is 0. The van der Waals surface area contributed by atoms with Crippen molar-refractivity contribution in [3.05, 3.63) is 29.6 Å². The van der Waals surface area contributed by atoms with Crippen molar-refractivity contribution in [1.82, 2.24) is 4.90 Å². The van der Waals surface area contributed by atoms with Gasteiger partial charge in [0.1, 0.15) is 5.82 Å². The van der Waals surface area contributed by atoms with Gasteiger partial charge in [-0.15, -0.1) is 0 Å². The maximum absolute atomic E-state index is 13.4. The number of rotatable bonds is 4. The average molecular weight is 265 g/mol. The molecule has 0 saturated carbocycles. The number of piperidine rings is 1. The van der Waals surface area contributed by atoms with Gasteiger partial charge in [0.2, 0.25) is 0 Å².